The summed E-state index contributed by atoms with van der Waals surface area (Å²) >= 11 is 0. The van der Waals surface area contributed by atoms with E-state index in [1.807, 2.05) is 24.3 Å². The number of ether oxygens (including phenoxy) is 4. The summed E-state index contributed by atoms with van der Waals surface area (Å²) in [4.78, 5) is 15.0. The Hall–Kier alpha value is -3.84. The number of rotatable bonds is 5. The number of carbonyl (C=O) groups excluding carboxylic acids is 1. The van der Waals surface area contributed by atoms with Crippen LogP contribution in [-0.2, 0) is 13.1 Å². The van der Waals surface area contributed by atoms with Gasteiger partial charge in [0.05, 0.1) is 25.3 Å². The van der Waals surface area contributed by atoms with E-state index in [-0.39, 0.29) is 17.4 Å². The van der Waals surface area contributed by atoms with Gasteiger partial charge in [0.15, 0.2) is 17.3 Å². The zero-order chi connectivity index (χ0) is 22.9. The van der Waals surface area contributed by atoms with Gasteiger partial charge in [-0.1, -0.05) is 18.2 Å². The van der Waals surface area contributed by atoms with Crippen molar-refractivity contribution in [1.82, 2.24) is 4.90 Å². The summed E-state index contributed by atoms with van der Waals surface area (Å²) in [6.07, 6.45) is 1.62. The van der Waals surface area contributed by atoms with Crippen molar-refractivity contribution in [3.63, 3.8) is 0 Å². The van der Waals surface area contributed by atoms with Gasteiger partial charge in [0.2, 0.25) is 5.78 Å². The predicted molar refractivity (Wildman–Crippen MR) is 120 cm³/mol. The maximum atomic E-state index is 13.2. The summed E-state index contributed by atoms with van der Waals surface area (Å²) in [6, 6.07) is 15.2. The van der Waals surface area contributed by atoms with Crippen LogP contribution in [0.5, 0.6) is 23.0 Å². The molecular weight excluding hydrogens is 425 g/mol. The highest BCUT2D eigenvalue weighted by molar-refractivity contribution is 6.15. The standard InChI is InChI=1S/C26H22FNO5/c1-30-22-9-5-17(12-23(22)31-2)13-28-14-20-21(32-15-28)10-8-19-25(29)24(33-26(19)20)11-16-3-6-18(27)7-4-16/h3-12H,13-15H2,1-2H3/b24-11-. The Morgan fingerprint density at radius 2 is 1.82 bits per heavy atom. The van der Waals surface area contributed by atoms with Gasteiger partial charge in [-0.25, -0.2) is 4.39 Å². The Kier molecular flexibility index (Phi) is 5.48. The summed E-state index contributed by atoms with van der Waals surface area (Å²) < 4.78 is 35.9. The molecule has 0 saturated carbocycles. The van der Waals surface area contributed by atoms with Gasteiger partial charge in [-0.05, 0) is 53.6 Å². The van der Waals surface area contributed by atoms with E-state index in [1.54, 1.807) is 38.5 Å². The normalized spacial score (nSPS) is 16.1. The molecule has 2 aliphatic rings. The van der Waals surface area contributed by atoms with Crippen LogP contribution in [0.4, 0.5) is 4.39 Å². The number of hydrogen-bond acceptors (Lipinski definition) is 6. The van der Waals surface area contributed by atoms with Gasteiger partial charge in [0.25, 0.3) is 0 Å². The van der Waals surface area contributed by atoms with Gasteiger partial charge in [0, 0.05) is 13.1 Å². The fraction of sp³-hybridized carbons (Fsp3) is 0.192. The molecule has 5 rings (SSSR count). The van der Waals surface area contributed by atoms with E-state index >= 15 is 0 Å². The highest BCUT2D eigenvalue weighted by Crippen LogP contribution is 2.42. The second-order valence-corrected chi connectivity index (χ2v) is 7.86. The van der Waals surface area contributed by atoms with Crippen molar-refractivity contribution in [2.24, 2.45) is 0 Å². The number of ketones is 1. The predicted octanol–water partition coefficient (Wildman–Crippen LogP) is 4.81. The third-order valence-electron chi connectivity index (χ3n) is 5.70. The molecule has 0 unspecified atom stereocenters. The number of carbonyl (C=O) groups is 1. The Morgan fingerprint density at radius 1 is 1.03 bits per heavy atom. The van der Waals surface area contributed by atoms with E-state index in [4.69, 9.17) is 18.9 Å². The number of allylic oxidation sites excluding steroid dienone is 1. The first-order valence-electron chi connectivity index (χ1n) is 10.5. The lowest BCUT2D eigenvalue weighted by Gasteiger charge is -2.29. The molecule has 3 aromatic rings. The lowest BCUT2D eigenvalue weighted by atomic mass is 10.0. The zero-order valence-electron chi connectivity index (χ0n) is 18.3. The van der Waals surface area contributed by atoms with Crippen LogP contribution in [0.2, 0.25) is 0 Å². The molecule has 0 atom stereocenters. The number of benzene rings is 3. The Balaban J connectivity index is 1.39. The molecule has 33 heavy (non-hydrogen) atoms. The third kappa shape index (κ3) is 4.03. The minimum absolute atomic E-state index is 0.200. The molecular formula is C26H22FNO5. The fourth-order valence-electron chi connectivity index (χ4n) is 4.05. The van der Waals surface area contributed by atoms with E-state index in [2.05, 4.69) is 4.90 Å². The van der Waals surface area contributed by atoms with Gasteiger partial charge in [-0.15, -0.1) is 0 Å². The molecule has 0 bridgehead atoms. The SMILES string of the molecule is COc1ccc(CN2COc3ccc4c(c3C2)O/C(=C\c2ccc(F)cc2)C4=O)cc1OC. The molecule has 0 radical (unpaired) electrons. The molecule has 3 aromatic carbocycles. The fourth-order valence-corrected chi connectivity index (χ4v) is 4.05. The van der Waals surface area contributed by atoms with Crippen LogP contribution in [0.3, 0.4) is 0 Å². The number of halogens is 1. The molecule has 7 heteroatoms. The first kappa shape index (κ1) is 21.0. The van der Waals surface area contributed by atoms with Gasteiger partial charge < -0.3 is 18.9 Å². The Bertz CT molecular complexity index is 1250. The van der Waals surface area contributed by atoms with Crippen LogP contribution in [0.25, 0.3) is 6.08 Å². The minimum Gasteiger partial charge on any atom is -0.493 e. The first-order chi connectivity index (χ1) is 16.1. The molecule has 0 fully saturated rings. The molecule has 0 spiro atoms. The van der Waals surface area contributed by atoms with Crippen LogP contribution in [-0.4, -0.2) is 31.6 Å². The summed E-state index contributed by atoms with van der Waals surface area (Å²) in [7, 11) is 3.21. The Morgan fingerprint density at radius 3 is 2.58 bits per heavy atom. The van der Waals surface area contributed by atoms with Crippen molar-refractivity contribution >= 4 is 11.9 Å². The molecule has 6 nitrogen and oxygen atoms in total. The van der Waals surface area contributed by atoms with Crippen molar-refractivity contribution < 1.29 is 28.1 Å². The second-order valence-electron chi connectivity index (χ2n) is 7.86. The molecule has 2 aliphatic heterocycles. The van der Waals surface area contributed by atoms with Crippen LogP contribution >= 0.6 is 0 Å². The lowest BCUT2D eigenvalue weighted by Crippen LogP contribution is -2.31. The summed E-state index contributed by atoms with van der Waals surface area (Å²) in [5.41, 5.74) is 3.06. The number of fused-ring (bicyclic) bond motifs is 3. The highest BCUT2D eigenvalue weighted by Gasteiger charge is 2.33. The average molecular weight is 447 g/mol. The van der Waals surface area contributed by atoms with Crippen molar-refractivity contribution in [2.45, 2.75) is 13.1 Å². The topological polar surface area (TPSA) is 57.2 Å². The maximum Gasteiger partial charge on any atom is 0.231 e. The summed E-state index contributed by atoms with van der Waals surface area (Å²) in [5, 5.41) is 0. The van der Waals surface area contributed by atoms with Gasteiger partial charge >= 0.3 is 0 Å². The summed E-state index contributed by atoms with van der Waals surface area (Å²) in [5.74, 6) is 2.23. The van der Waals surface area contributed by atoms with E-state index in [9.17, 15) is 9.18 Å². The first-order valence-corrected chi connectivity index (χ1v) is 10.5. The molecule has 0 aliphatic carbocycles. The second kappa shape index (κ2) is 8.60. The van der Waals surface area contributed by atoms with E-state index < -0.39 is 0 Å². The molecule has 2 heterocycles. The van der Waals surface area contributed by atoms with E-state index in [1.165, 1.54) is 12.1 Å². The largest absolute Gasteiger partial charge is 0.493 e. The molecule has 0 saturated heterocycles. The average Bonchev–Trinajstić information content (AvgIpc) is 3.16. The summed E-state index contributed by atoms with van der Waals surface area (Å²) in [6.45, 7) is 1.59. The smallest absolute Gasteiger partial charge is 0.231 e. The number of methoxy groups -OCH3 is 2. The quantitative estimate of drug-likeness (QED) is 0.523. The molecule has 168 valence electrons. The van der Waals surface area contributed by atoms with Crippen molar-refractivity contribution in [3.05, 3.63) is 88.4 Å². The molecule has 0 amide bonds. The van der Waals surface area contributed by atoms with E-state index in [0.717, 1.165) is 11.1 Å². The minimum atomic E-state index is -0.333. The lowest BCUT2D eigenvalue weighted by molar-refractivity contribution is 0.0872. The van der Waals surface area contributed by atoms with Crippen LogP contribution in [0, 0.1) is 5.82 Å². The van der Waals surface area contributed by atoms with Crippen molar-refractivity contribution in [3.8, 4) is 23.0 Å². The van der Waals surface area contributed by atoms with Crippen LogP contribution in [0.1, 0.15) is 27.0 Å². The highest BCUT2D eigenvalue weighted by atomic mass is 19.1. The van der Waals surface area contributed by atoms with Crippen molar-refractivity contribution in [2.75, 3.05) is 21.0 Å². The third-order valence-corrected chi connectivity index (χ3v) is 5.70. The van der Waals surface area contributed by atoms with Gasteiger partial charge in [-0.2, -0.15) is 0 Å². The van der Waals surface area contributed by atoms with Crippen LogP contribution < -0.4 is 18.9 Å². The van der Waals surface area contributed by atoms with Crippen molar-refractivity contribution in [1.29, 1.82) is 0 Å². The number of Topliss-reactive ketones (excluding diaryl/α,β-unsaturated/α-hetero) is 1. The van der Waals surface area contributed by atoms with Crippen LogP contribution in [0.15, 0.2) is 60.4 Å². The van der Waals surface area contributed by atoms with E-state index in [0.29, 0.717) is 53.9 Å². The maximum absolute atomic E-state index is 13.2. The zero-order valence-corrected chi connectivity index (χ0v) is 18.3. The molecule has 0 aromatic heterocycles. The monoisotopic (exact) mass is 447 g/mol. The van der Waals surface area contributed by atoms with Gasteiger partial charge in [-0.3, -0.25) is 9.69 Å². The number of hydrogen-bond donors (Lipinski definition) is 0. The Labute approximate surface area is 190 Å². The molecule has 0 N–H and O–H groups in total. The number of nitrogens with zero attached hydrogens (tertiary/aromatic N) is 1. The van der Waals surface area contributed by atoms with Gasteiger partial charge in [0.1, 0.15) is 24.0 Å².